The van der Waals surface area contributed by atoms with Crippen LogP contribution in [0, 0.1) is 20.8 Å². The lowest BCUT2D eigenvalue weighted by atomic mass is 10.2. The first-order chi connectivity index (χ1) is 8.11. The molecular weight excluding hydrogens is 215 g/mol. The van der Waals surface area contributed by atoms with Crippen molar-refractivity contribution in [2.24, 2.45) is 0 Å². The summed E-state index contributed by atoms with van der Waals surface area (Å²) in [6, 6.07) is 8.10. The highest BCUT2D eigenvalue weighted by Crippen LogP contribution is 2.16. The van der Waals surface area contributed by atoms with Crippen molar-refractivity contribution in [3.05, 3.63) is 46.9 Å². The Balaban J connectivity index is 2.52. The zero-order chi connectivity index (χ0) is 12.4. The van der Waals surface area contributed by atoms with Gasteiger partial charge in [-0.05, 0) is 50.6 Å². The molecule has 2 aromatic rings. The van der Waals surface area contributed by atoms with E-state index >= 15 is 0 Å². The van der Waals surface area contributed by atoms with Crippen LogP contribution in [0.4, 0.5) is 4.39 Å². The molecule has 0 fully saturated rings. The van der Waals surface area contributed by atoms with Gasteiger partial charge in [-0.3, -0.25) is 4.39 Å². The largest absolute Gasteiger partial charge is 0.303 e. The van der Waals surface area contributed by atoms with E-state index in [4.69, 9.17) is 0 Å². The zero-order valence-electron chi connectivity index (χ0n) is 10.5. The Morgan fingerprint density at radius 2 is 1.76 bits per heavy atom. The molecule has 2 rings (SSSR count). The fourth-order valence-corrected chi connectivity index (χ4v) is 2.09. The van der Waals surface area contributed by atoms with Gasteiger partial charge in [-0.2, -0.15) is 0 Å². The van der Waals surface area contributed by atoms with E-state index in [1.54, 1.807) is 0 Å². The van der Waals surface area contributed by atoms with Crippen molar-refractivity contribution in [3.63, 3.8) is 0 Å². The molecule has 0 saturated heterocycles. The van der Waals surface area contributed by atoms with E-state index in [1.807, 2.05) is 32.9 Å². The number of hydrogen-bond acceptors (Lipinski definition) is 1. The van der Waals surface area contributed by atoms with E-state index in [1.165, 1.54) is 0 Å². The van der Waals surface area contributed by atoms with E-state index in [2.05, 4.69) is 21.7 Å². The molecule has 0 aliphatic rings. The number of nitrogens with zero attached hydrogens (tertiary/aromatic N) is 2. The predicted molar refractivity (Wildman–Crippen MR) is 67.5 cm³/mol. The third-order valence-corrected chi connectivity index (χ3v) is 2.86. The standard InChI is InChI=1S/C14H17FN2/c1-10-8-13(6-7-15)16-14(9-10)17-11(2)4-5-12(17)3/h4-5,8-9H,6-7H2,1-3H3. The molecule has 0 atom stereocenters. The highest BCUT2D eigenvalue weighted by molar-refractivity contribution is 5.35. The topological polar surface area (TPSA) is 17.8 Å². The maximum atomic E-state index is 12.4. The molecule has 2 nitrogen and oxygen atoms in total. The third-order valence-electron chi connectivity index (χ3n) is 2.86. The number of pyridine rings is 1. The van der Waals surface area contributed by atoms with Crippen LogP contribution in [0.2, 0.25) is 0 Å². The Bertz CT molecular complexity index is 510. The molecule has 0 radical (unpaired) electrons. The summed E-state index contributed by atoms with van der Waals surface area (Å²) in [6.45, 7) is 5.75. The van der Waals surface area contributed by atoms with Crippen molar-refractivity contribution in [3.8, 4) is 5.82 Å². The summed E-state index contributed by atoms with van der Waals surface area (Å²) in [5.41, 5.74) is 4.22. The van der Waals surface area contributed by atoms with Crippen LogP contribution in [-0.4, -0.2) is 16.2 Å². The molecule has 0 amide bonds. The van der Waals surface area contributed by atoms with Crippen LogP contribution in [0.1, 0.15) is 22.6 Å². The van der Waals surface area contributed by atoms with Crippen LogP contribution < -0.4 is 0 Å². The minimum absolute atomic E-state index is 0.362. The molecule has 90 valence electrons. The number of alkyl halides is 1. The molecule has 0 saturated carbocycles. The normalized spacial score (nSPS) is 10.8. The van der Waals surface area contributed by atoms with E-state index in [9.17, 15) is 4.39 Å². The second-order valence-electron chi connectivity index (χ2n) is 4.38. The van der Waals surface area contributed by atoms with Gasteiger partial charge in [0, 0.05) is 23.5 Å². The van der Waals surface area contributed by atoms with E-state index in [-0.39, 0.29) is 6.67 Å². The summed E-state index contributed by atoms with van der Waals surface area (Å²) in [6.07, 6.45) is 0.383. The second-order valence-corrected chi connectivity index (χ2v) is 4.38. The number of hydrogen-bond donors (Lipinski definition) is 0. The molecule has 0 unspecified atom stereocenters. The van der Waals surface area contributed by atoms with Crippen LogP contribution in [-0.2, 0) is 6.42 Å². The molecule has 3 heteroatoms. The van der Waals surface area contributed by atoms with Crippen molar-refractivity contribution in [2.75, 3.05) is 6.67 Å². The molecule has 17 heavy (non-hydrogen) atoms. The van der Waals surface area contributed by atoms with E-state index in [0.29, 0.717) is 6.42 Å². The Morgan fingerprint density at radius 3 is 2.35 bits per heavy atom. The maximum absolute atomic E-state index is 12.4. The van der Waals surface area contributed by atoms with Crippen LogP contribution in [0.15, 0.2) is 24.3 Å². The van der Waals surface area contributed by atoms with Gasteiger partial charge in [-0.15, -0.1) is 0 Å². The summed E-state index contributed by atoms with van der Waals surface area (Å²) in [5.74, 6) is 0.883. The summed E-state index contributed by atoms with van der Waals surface area (Å²) in [4.78, 5) is 4.51. The molecule has 0 aromatic carbocycles. The van der Waals surface area contributed by atoms with Gasteiger partial charge in [0.25, 0.3) is 0 Å². The quantitative estimate of drug-likeness (QED) is 0.793. The minimum Gasteiger partial charge on any atom is -0.303 e. The van der Waals surface area contributed by atoms with Gasteiger partial charge in [0.2, 0.25) is 0 Å². The zero-order valence-corrected chi connectivity index (χ0v) is 10.5. The van der Waals surface area contributed by atoms with Crippen LogP contribution >= 0.6 is 0 Å². The van der Waals surface area contributed by atoms with Crippen LogP contribution in [0.3, 0.4) is 0 Å². The van der Waals surface area contributed by atoms with E-state index < -0.39 is 0 Å². The van der Waals surface area contributed by atoms with Gasteiger partial charge in [-0.25, -0.2) is 4.98 Å². The van der Waals surface area contributed by atoms with Crippen molar-refractivity contribution in [1.82, 2.24) is 9.55 Å². The highest BCUT2D eigenvalue weighted by atomic mass is 19.1. The Morgan fingerprint density at radius 1 is 1.12 bits per heavy atom. The monoisotopic (exact) mass is 232 g/mol. The molecule has 0 spiro atoms. The lowest BCUT2D eigenvalue weighted by molar-refractivity contribution is 0.491. The number of rotatable bonds is 3. The van der Waals surface area contributed by atoms with E-state index in [0.717, 1.165) is 28.5 Å². The molecule has 0 aliphatic heterocycles. The lowest BCUT2D eigenvalue weighted by Gasteiger charge is -2.11. The Hall–Kier alpha value is -1.64. The minimum atomic E-state index is -0.362. The first-order valence-electron chi connectivity index (χ1n) is 5.80. The predicted octanol–water partition coefficient (Wildman–Crippen LogP) is 3.31. The molecule has 2 aromatic heterocycles. The van der Waals surface area contributed by atoms with Crippen molar-refractivity contribution < 1.29 is 4.39 Å². The van der Waals surface area contributed by atoms with Gasteiger partial charge in [0.05, 0.1) is 6.67 Å². The van der Waals surface area contributed by atoms with Crippen molar-refractivity contribution in [1.29, 1.82) is 0 Å². The summed E-state index contributed by atoms with van der Waals surface area (Å²) >= 11 is 0. The van der Waals surface area contributed by atoms with Crippen LogP contribution in [0.25, 0.3) is 5.82 Å². The molecule has 2 heterocycles. The molecule has 0 aliphatic carbocycles. The van der Waals surface area contributed by atoms with Crippen molar-refractivity contribution >= 4 is 0 Å². The maximum Gasteiger partial charge on any atom is 0.137 e. The SMILES string of the molecule is Cc1cc(CCF)nc(-n2c(C)ccc2C)c1. The number of aromatic nitrogens is 2. The first kappa shape index (κ1) is 11.8. The smallest absolute Gasteiger partial charge is 0.137 e. The number of aryl methyl sites for hydroxylation is 4. The van der Waals surface area contributed by atoms with Gasteiger partial charge < -0.3 is 4.57 Å². The second kappa shape index (κ2) is 4.70. The fraction of sp³-hybridized carbons (Fsp3) is 0.357. The van der Waals surface area contributed by atoms with Gasteiger partial charge in [0.1, 0.15) is 5.82 Å². The summed E-state index contributed by atoms with van der Waals surface area (Å²) in [5, 5.41) is 0. The Kier molecular flexibility index (Phi) is 3.27. The molecule has 0 bridgehead atoms. The molecular formula is C14H17FN2. The summed E-state index contributed by atoms with van der Waals surface area (Å²) in [7, 11) is 0. The lowest BCUT2D eigenvalue weighted by Crippen LogP contribution is -2.05. The fourth-order valence-electron chi connectivity index (χ4n) is 2.09. The van der Waals surface area contributed by atoms with Gasteiger partial charge >= 0.3 is 0 Å². The highest BCUT2D eigenvalue weighted by Gasteiger charge is 2.07. The average molecular weight is 232 g/mol. The van der Waals surface area contributed by atoms with Gasteiger partial charge in [-0.1, -0.05) is 0 Å². The third kappa shape index (κ3) is 2.38. The average Bonchev–Trinajstić information content (AvgIpc) is 2.58. The Labute approximate surface area is 101 Å². The number of halogens is 1. The van der Waals surface area contributed by atoms with Gasteiger partial charge in [0.15, 0.2) is 0 Å². The van der Waals surface area contributed by atoms with Crippen molar-refractivity contribution in [2.45, 2.75) is 27.2 Å². The molecule has 0 N–H and O–H groups in total. The summed E-state index contributed by atoms with van der Waals surface area (Å²) < 4.78 is 14.5. The van der Waals surface area contributed by atoms with Crippen LogP contribution in [0.5, 0.6) is 0 Å². The first-order valence-corrected chi connectivity index (χ1v) is 5.80.